The van der Waals surface area contributed by atoms with Crippen LogP contribution in [0.1, 0.15) is 56.4 Å². The van der Waals surface area contributed by atoms with Crippen LogP contribution in [0.2, 0.25) is 0 Å². The Balaban J connectivity index is 1.85. The molecule has 3 rings (SSSR count). The molecule has 0 spiro atoms. The molecule has 178 valence electrons. The molecule has 2 aromatic rings. The van der Waals surface area contributed by atoms with Crippen LogP contribution in [0.4, 0.5) is 0 Å². The zero-order chi connectivity index (χ0) is 23.5. The standard InChI is InChI=1S/C22H33N3O4S3/c1-5-7-10-24(17-9-12-32(28,29)14-17)18(26)13-30-22-23-20-19(15(3)16(4)31-20)21(27)25(22)11-8-6-2/h17H,5-14H2,1-4H3/t17-/m1/s1. The number of aryl methyl sites for hydroxylation is 2. The van der Waals surface area contributed by atoms with E-state index >= 15 is 0 Å². The van der Waals surface area contributed by atoms with Gasteiger partial charge in [0.15, 0.2) is 15.0 Å². The molecule has 0 aliphatic carbocycles. The summed E-state index contributed by atoms with van der Waals surface area (Å²) in [4.78, 5) is 34.7. The number of thioether (sulfide) groups is 1. The van der Waals surface area contributed by atoms with Crippen molar-refractivity contribution >= 4 is 49.1 Å². The Morgan fingerprint density at radius 2 is 1.97 bits per heavy atom. The number of carbonyl (C=O) groups is 1. The zero-order valence-corrected chi connectivity index (χ0v) is 21.8. The summed E-state index contributed by atoms with van der Waals surface area (Å²) in [5, 5.41) is 1.25. The van der Waals surface area contributed by atoms with Crippen molar-refractivity contribution in [1.82, 2.24) is 14.5 Å². The third kappa shape index (κ3) is 5.56. The van der Waals surface area contributed by atoms with Crippen molar-refractivity contribution in [2.75, 3.05) is 23.8 Å². The maximum Gasteiger partial charge on any atom is 0.263 e. The summed E-state index contributed by atoms with van der Waals surface area (Å²) in [5.41, 5.74) is 0.943. The molecule has 2 aromatic heterocycles. The summed E-state index contributed by atoms with van der Waals surface area (Å²) in [6.45, 7) is 9.22. The van der Waals surface area contributed by atoms with E-state index in [1.807, 2.05) is 13.8 Å². The second kappa shape index (κ2) is 10.7. The SMILES string of the molecule is CCCCN(C(=O)CSc1nc2sc(C)c(C)c2c(=O)n1CCCC)[C@@H]1CCS(=O)(=O)C1. The van der Waals surface area contributed by atoms with E-state index in [1.165, 1.54) is 23.1 Å². The van der Waals surface area contributed by atoms with Gasteiger partial charge in [0.25, 0.3) is 5.56 Å². The van der Waals surface area contributed by atoms with Gasteiger partial charge in [-0.15, -0.1) is 11.3 Å². The molecule has 0 saturated carbocycles. The Bertz CT molecular complexity index is 1140. The van der Waals surface area contributed by atoms with Crippen LogP contribution in [0.25, 0.3) is 10.2 Å². The van der Waals surface area contributed by atoms with E-state index in [9.17, 15) is 18.0 Å². The van der Waals surface area contributed by atoms with Crippen LogP contribution in [0.15, 0.2) is 9.95 Å². The van der Waals surface area contributed by atoms with Crippen molar-refractivity contribution in [3.8, 4) is 0 Å². The maximum absolute atomic E-state index is 13.2. The van der Waals surface area contributed by atoms with Crippen molar-refractivity contribution in [3.63, 3.8) is 0 Å². The molecule has 1 aliphatic heterocycles. The molecule has 0 aromatic carbocycles. The second-order valence-electron chi connectivity index (χ2n) is 8.45. The predicted molar refractivity (Wildman–Crippen MR) is 133 cm³/mol. The first-order chi connectivity index (χ1) is 15.2. The molecular weight excluding hydrogens is 466 g/mol. The van der Waals surface area contributed by atoms with Gasteiger partial charge in [-0.1, -0.05) is 38.5 Å². The Morgan fingerprint density at radius 3 is 2.59 bits per heavy atom. The van der Waals surface area contributed by atoms with Crippen molar-refractivity contribution in [3.05, 3.63) is 20.8 Å². The van der Waals surface area contributed by atoms with Gasteiger partial charge in [-0.25, -0.2) is 13.4 Å². The number of aromatic nitrogens is 2. The zero-order valence-electron chi connectivity index (χ0n) is 19.3. The number of carbonyl (C=O) groups excluding carboxylic acids is 1. The van der Waals surface area contributed by atoms with E-state index in [-0.39, 0.29) is 34.8 Å². The largest absolute Gasteiger partial charge is 0.338 e. The Hall–Kier alpha value is -1.39. The Kier molecular flexibility index (Phi) is 8.43. The number of hydrogen-bond donors (Lipinski definition) is 0. The fraction of sp³-hybridized carbons (Fsp3) is 0.682. The number of nitrogens with zero attached hydrogens (tertiary/aromatic N) is 3. The van der Waals surface area contributed by atoms with Crippen LogP contribution in [-0.4, -0.2) is 58.6 Å². The highest BCUT2D eigenvalue weighted by molar-refractivity contribution is 7.99. The van der Waals surface area contributed by atoms with Crippen LogP contribution in [0.3, 0.4) is 0 Å². The molecule has 7 nitrogen and oxygen atoms in total. The fourth-order valence-electron chi connectivity index (χ4n) is 4.00. The van der Waals surface area contributed by atoms with Crippen molar-refractivity contribution in [1.29, 1.82) is 0 Å². The average Bonchev–Trinajstić information content (AvgIpc) is 3.24. The van der Waals surface area contributed by atoms with Gasteiger partial charge in [-0.3, -0.25) is 14.2 Å². The van der Waals surface area contributed by atoms with Crippen molar-refractivity contribution in [2.24, 2.45) is 0 Å². The minimum Gasteiger partial charge on any atom is -0.338 e. The molecule has 1 saturated heterocycles. The van der Waals surface area contributed by atoms with Gasteiger partial charge in [-0.05, 0) is 38.7 Å². The molecule has 1 aliphatic rings. The van der Waals surface area contributed by atoms with E-state index in [0.717, 1.165) is 41.0 Å². The highest BCUT2D eigenvalue weighted by Gasteiger charge is 2.34. The van der Waals surface area contributed by atoms with E-state index in [0.29, 0.717) is 30.1 Å². The van der Waals surface area contributed by atoms with E-state index in [4.69, 9.17) is 4.98 Å². The first-order valence-electron chi connectivity index (χ1n) is 11.3. The molecule has 1 atom stereocenters. The van der Waals surface area contributed by atoms with Crippen LogP contribution >= 0.6 is 23.1 Å². The third-order valence-corrected chi connectivity index (χ3v) is 9.85. The van der Waals surface area contributed by atoms with Crippen LogP contribution in [-0.2, 0) is 21.2 Å². The second-order valence-corrected chi connectivity index (χ2v) is 12.8. The Morgan fingerprint density at radius 1 is 1.25 bits per heavy atom. The smallest absolute Gasteiger partial charge is 0.263 e. The van der Waals surface area contributed by atoms with Gasteiger partial charge in [0.05, 0.1) is 22.6 Å². The number of sulfone groups is 1. The van der Waals surface area contributed by atoms with Gasteiger partial charge in [0.2, 0.25) is 5.91 Å². The van der Waals surface area contributed by atoms with Crippen molar-refractivity contribution in [2.45, 2.75) is 77.5 Å². The minimum absolute atomic E-state index is 0.0371. The number of hydrogen-bond acceptors (Lipinski definition) is 7. The molecule has 0 N–H and O–H groups in total. The molecule has 1 fully saturated rings. The maximum atomic E-state index is 13.2. The summed E-state index contributed by atoms with van der Waals surface area (Å²) in [5.74, 6) is 0.257. The minimum atomic E-state index is -3.07. The highest BCUT2D eigenvalue weighted by atomic mass is 32.2. The molecule has 0 unspecified atom stereocenters. The number of amides is 1. The normalized spacial score (nSPS) is 17.8. The van der Waals surface area contributed by atoms with Crippen LogP contribution in [0, 0.1) is 13.8 Å². The number of unbranched alkanes of at least 4 members (excludes halogenated alkanes) is 2. The molecular formula is C22H33N3O4S3. The monoisotopic (exact) mass is 499 g/mol. The summed E-state index contributed by atoms with van der Waals surface area (Å²) >= 11 is 2.80. The van der Waals surface area contributed by atoms with Gasteiger partial charge >= 0.3 is 0 Å². The van der Waals surface area contributed by atoms with Gasteiger partial charge in [0, 0.05) is 24.0 Å². The lowest BCUT2D eigenvalue weighted by atomic mass is 10.2. The third-order valence-electron chi connectivity index (χ3n) is 6.04. The molecule has 3 heterocycles. The first-order valence-corrected chi connectivity index (χ1v) is 14.9. The van der Waals surface area contributed by atoms with Gasteiger partial charge in [-0.2, -0.15) is 0 Å². The average molecular weight is 500 g/mol. The van der Waals surface area contributed by atoms with E-state index in [1.54, 1.807) is 9.47 Å². The molecule has 0 bridgehead atoms. The lowest BCUT2D eigenvalue weighted by molar-refractivity contribution is -0.130. The fourth-order valence-corrected chi connectivity index (χ4v) is 7.71. The predicted octanol–water partition coefficient (Wildman–Crippen LogP) is 3.78. The summed E-state index contributed by atoms with van der Waals surface area (Å²) < 4.78 is 25.6. The van der Waals surface area contributed by atoms with E-state index < -0.39 is 9.84 Å². The number of rotatable bonds is 10. The highest BCUT2D eigenvalue weighted by Crippen LogP contribution is 2.29. The topological polar surface area (TPSA) is 89.3 Å². The molecule has 32 heavy (non-hydrogen) atoms. The summed E-state index contributed by atoms with van der Waals surface area (Å²) in [6.07, 6.45) is 4.09. The lowest BCUT2D eigenvalue weighted by Crippen LogP contribution is -2.42. The molecule has 1 amide bonds. The van der Waals surface area contributed by atoms with Crippen LogP contribution < -0.4 is 5.56 Å². The summed E-state index contributed by atoms with van der Waals surface area (Å²) in [6, 6.07) is -0.250. The molecule has 10 heteroatoms. The quantitative estimate of drug-likeness (QED) is 0.365. The summed E-state index contributed by atoms with van der Waals surface area (Å²) in [7, 11) is -3.07. The van der Waals surface area contributed by atoms with Crippen LogP contribution in [0.5, 0.6) is 0 Å². The van der Waals surface area contributed by atoms with Crippen molar-refractivity contribution < 1.29 is 13.2 Å². The number of thiophene rings is 1. The number of fused-ring (bicyclic) bond motifs is 1. The van der Waals surface area contributed by atoms with E-state index in [2.05, 4.69) is 13.8 Å². The van der Waals surface area contributed by atoms with Gasteiger partial charge < -0.3 is 4.90 Å². The lowest BCUT2D eigenvalue weighted by Gasteiger charge is -2.28. The van der Waals surface area contributed by atoms with Gasteiger partial charge in [0.1, 0.15) is 4.83 Å². The Labute approximate surface area is 198 Å². The molecule has 0 radical (unpaired) electrons. The first kappa shape index (κ1) is 25.2.